The number of rotatable bonds is 8. The Morgan fingerprint density at radius 3 is 2.48 bits per heavy atom. The van der Waals surface area contributed by atoms with Crippen LogP contribution in [0.1, 0.15) is 6.42 Å². The molecule has 1 aromatic heterocycles. The Morgan fingerprint density at radius 1 is 1.05 bits per heavy atom. The second-order valence-electron chi connectivity index (χ2n) is 4.22. The van der Waals surface area contributed by atoms with E-state index in [-0.39, 0.29) is 0 Å². The molecule has 6 heteroatoms. The van der Waals surface area contributed by atoms with E-state index in [4.69, 9.17) is 20.1 Å². The van der Waals surface area contributed by atoms with Crippen LogP contribution in [0.2, 0.25) is 0 Å². The van der Waals surface area contributed by atoms with Gasteiger partial charge in [-0.3, -0.25) is 0 Å². The molecular weight excluding hydrogens is 270 g/mol. The summed E-state index contributed by atoms with van der Waals surface area (Å²) in [4.78, 5) is 4.06. The molecule has 0 saturated carbocycles. The van der Waals surface area contributed by atoms with Crippen LogP contribution in [0, 0.1) is 0 Å². The maximum absolute atomic E-state index is 5.61. The van der Waals surface area contributed by atoms with Crippen LogP contribution in [0.4, 0.5) is 5.82 Å². The number of benzene rings is 1. The van der Waals surface area contributed by atoms with Crippen molar-refractivity contribution in [2.45, 2.75) is 6.42 Å². The summed E-state index contributed by atoms with van der Waals surface area (Å²) < 4.78 is 16.3. The minimum atomic E-state index is 0.522. The SMILES string of the molecule is COc1ccc(OCCCOc2cccnc2NN)cc1. The molecule has 2 aromatic rings. The molecule has 112 valence electrons. The molecule has 2 rings (SSSR count). The summed E-state index contributed by atoms with van der Waals surface area (Å²) in [6.45, 7) is 1.09. The number of hydrazine groups is 1. The summed E-state index contributed by atoms with van der Waals surface area (Å²) in [6, 6.07) is 11.1. The molecule has 0 unspecified atom stereocenters. The van der Waals surface area contributed by atoms with Crippen LogP contribution in [0.15, 0.2) is 42.6 Å². The van der Waals surface area contributed by atoms with Crippen molar-refractivity contribution in [2.75, 3.05) is 25.7 Å². The highest BCUT2D eigenvalue weighted by atomic mass is 16.5. The average molecular weight is 289 g/mol. The van der Waals surface area contributed by atoms with Crippen molar-refractivity contribution in [3.8, 4) is 17.2 Å². The molecule has 0 saturated heterocycles. The lowest BCUT2D eigenvalue weighted by Crippen LogP contribution is -2.11. The van der Waals surface area contributed by atoms with Crippen LogP contribution in [0.25, 0.3) is 0 Å². The fraction of sp³-hybridized carbons (Fsp3) is 0.267. The number of aromatic nitrogens is 1. The molecule has 0 aliphatic carbocycles. The number of pyridine rings is 1. The van der Waals surface area contributed by atoms with Gasteiger partial charge in [-0.05, 0) is 36.4 Å². The van der Waals surface area contributed by atoms with E-state index in [1.807, 2.05) is 30.3 Å². The Bertz CT molecular complexity index is 546. The van der Waals surface area contributed by atoms with Gasteiger partial charge in [-0.25, -0.2) is 10.8 Å². The van der Waals surface area contributed by atoms with Crippen LogP contribution in [0.5, 0.6) is 17.2 Å². The summed E-state index contributed by atoms with van der Waals surface area (Å²) in [5, 5.41) is 0. The van der Waals surface area contributed by atoms with E-state index in [1.165, 1.54) is 0 Å². The van der Waals surface area contributed by atoms with Crippen LogP contribution in [0.3, 0.4) is 0 Å². The molecule has 0 bridgehead atoms. The Balaban J connectivity index is 1.70. The highest BCUT2D eigenvalue weighted by Crippen LogP contribution is 2.20. The first-order chi connectivity index (χ1) is 10.3. The summed E-state index contributed by atoms with van der Waals surface area (Å²) in [5.74, 6) is 8.12. The van der Waals surface area contributed by atoms with E-state index < -0.39 is 0 Å². The summed E-state index contributed by atoms with van der Waals surface area (Å²) in [7, 11) is 1.64. The number of methoxy groups -OCH3 is 1. The highest BCUT2D eigenvalue weighted by Gasteiger charge is 2.02. The molecule has 0 aliphatic heterocycles. The standard InChI is InChI=1S/C15H19N3O3/c1-19-12-5-7-13(8-6-12)20-10-3-11-21-14-4-2-9-17-15(14)18-16/h2,4-9H,3,10-11,16H2,1H3,(H,17,18). The number of nitrogens with two attached hydrogens (primary N) is 1. The van der Waals surface area contributed by atoms with Crippen LogP contribution < -0.4 is 25.5 Å². The molecule has 0 aliphatic rings. The first kappa shape index (κ1) is 14.9. The smallest absolute Gasteiger partial charge is 0.182 e. The number of nitrogens with zero attached hydrogens (tertiary/aromatic N) is 1. The third kappa shape index (κ3) is 4.54. The number of anilines is 1. The third-order valence-corrected chi connectivity index (χ3v) is 2.78. The fourth-order valence-corrected chi connectivity index (χ4v) is 1.72. The molecule has 3 N–H and O–H groups in total. The summed E-state index contributed by atoms with van der Waals surface area (Å²) >= 11 is 0. The van der Waals surface area contributed by atoms with Crippen LogP contribution in [-0.2, 0) is 0 Å². The Hall–Kier alpha value is -2.47. The minimum absolute atomic E-state index is 0.522. The number of nitrogens with one attached hydrogen (secondary N) is 1. The van der Waals surface area contributed by atoms with Crippen molar-refractivity contribution in [3.05, 3.63) is 42.6 Å². The first-order valence-corrected chi connectivity index (χ1v) is 6.65. The van der Waals surface area contributed by atoms with Crippen molar-refractivity contribution in [1.29, 1.82) is 0 Å². The van der Waals surface area contributed by atoms with E-state index in [9.17, 15) is 0 Å². The zero-order chi connectivity index (χ0) is 14.9. The van der Waals surface area contributed by atoms with Gasteiger partial charge in [0, 0.05) is 12.6 Å². The van der Waals surface area contributed by atoms with Gasteiger partial charge < -0.3 is 19.6 Å². The van der Waals surface area contributed by atoms with Crippen molar-refractivity contribution in [3.63, 3.8) is 0 Å². The van der Waals surface area contributed by atoms with E-state index in [1.54, 1.807) is 19.4 Å². The van der Waals surface area contributed by atoms with Crippen LogP contribution >= 0.6 is 0 Å². The van der Waals surface area contributed by atoms with Crippen molar-refractivity contribution in [1.82, 2.24) is 4.98 Å². The number of nitrogen functional groups attached to an aromatic ring is 1. The molecule has 0 fully saturated rings. The Kier molecular flexibility index (Phi) is 5.66. The van der Waals surface area contributed by atoms with Crippen LogP contribution in [-0.4, -0.2) is 25.3 Å². The zero-order valence-electron chi connectivity index (χ0n) is 11.9. The molecule has 1 heterocycles. The van der Waals surface area contributed by atoms with Gasteiger partial charge >= 0.3 is 0 Å². The second kappa shape index (κ2) is 7.96. The number of hydrogen-bond donors (Lipinski definition) is 2. The maximum Gasteiger partial charge on any atom is 0.182 e. The summed E-state index contributed by atoms with van der Waals surface area (Å²) in [6.07, 6.45) is 2.40. The van der Waals surface area contributed by atoms with Gasteiger partial charge in [0.25, 0.3) is 0 Å². The molecule has 1 aromatic carbocycles. The normalized spacial score (nSPS) is 10.0. The second-order valence-corrected chi connectivity index (χ2v) is 4.22. The predicted molar refractivity (Wildman–Crippen MR) is 80.6 cm³/mol. The van der Waals surface area contributed by atoms with Gasteiger partial charge in [-0.15, -0.1) is 0 Å². The predicted octanol–water partition coefficient (Wildman–Crippen LogP) is 2.22. The lowest BCUT2D eigenvalue weighted by molar-refractivity contribution is 0.247. The zero-order valence-corrected chi connectivity index (χ0v) is 11.9. The first-order valence-electron chi connectivity index (χ1n) is 6.65. The van der Waals surface area contributed by atoms with E-state index >= 15 is 0 Å². The average Bonchev–Trinajstić information content (AvgIpc) is 2.55. The van der Waals surface area contributed by atoms with Gasteiger partial charge in [0.15, 0.2) is 11.6 Å². The van der Waals surface area contributed by atoms with Gasteiger partial charge in [-0.2, -0.15) is 0 Å². The van der Waals surface area contributed by atoms with Gasteiger partial charge in [-0.1, -0.05) is 0 Å². The van der Waals surface area contributed by atoms with Crippen molar-refractivity contribution < 1.29 is 14.2 Å². The fourth-order valence-electron chi connectivity index (χ4n) is 1.72. The minimum Gasteiger partial charge on any atom is -0.497 e. The van der Waals surface area contributed by atoms with Gasteiger partial charge in [0.05, 0.1) is 20.3 Å². The number of ether oxygens (including phenoxy) is 3. The summed E-state index contributed by atoms with van der Waals surface area (Å²) in [5.41, 5.74) is 2.49. The highest BCUT2D eigenvalue weighted by molar-refractivity contribution is 5.48. The molecule has 0 spiro atoms. The van der Waals surface area contributed by atoms with Crippen molar-refractivity contribution in [2.24, 2.45) is 5.84 Å². The molecular formula is C15H19N3O3. The topological polar surface area (TPSA) is 78.6 Å². The Labute approximate surface area is 123 Å². The molecule has 6 nitrogen and oxygen atoms in total. The van der Waals surface area contributed by atoms with E-state index in [2.05, 4.69) is 10.4 Å². The molecule has 0 radical (unpaired) electrons. The molecule has 0 amide bonds. The van der Waals surface area contributed by atoms with E-state index in [0.29, 0.717) is 24.8 Å². The van der Waals surface area contributed by atoms with E-state index in [0.717, 1.165) is 17.9 Å². The monoisotopic (exact) mass is 289 g/mol. The largest absolute Gasteiger partial charge is 0.497 e. The quantitative estimate of drug-likeness (QED) is 0.441. The lowest BCUT2D eigenvalue weighted by atomic mass is 10.3. The Morgan fingerprint density at radius 2 is 1.76 bits per heavy atom. The number of hydrogen-bond acceptors (Lipinski definition) is 6. The van der Waals surface area contributed by atoms with Crippen molar-refractivity contribution >= 4 is 5.82 Å². The van der Waals surface area contributed by atoms with Gasteiger partial charge in [0.1, 0.15) is 11.5 Å². The third-order valence-electron chi connectivity index (χ3n) is 2.78. The molecule has 21 heavy (non-hydrogen) atoms. The van der Waals surface area contributed by atoms with Gasteiger partial charge in [0.2, 0.25) is 0 Å². The maximum atomic E-state index is 5.61. The molecule has 0 atom stereocenters. The lowest BCUT2D eigenvalue weighted by Gasteiger charge is -2.10.